The smallest absolute Gasteiger partial charge is 0.283 e. The van der Waals surface area contributed by atoms with Gasteiger partial charge in [0, 0.05) is 16.9 Å². The van der Waals surface area contributed by atoms with Gasteiger partial charge in [-0.15, -0.1) is 0 Å². The average Bonchev–Trinajstić information content (AvgIpc) is 3.05. The third-order valence-corrected chi connectivity index (χ3v) is 6.26. The van der Waals surface area contributed by atoms with Crippen LogP contribution < -0.4 is 15.5 Å². The van der Waals surface area contributed by atoms with Gasteiger partial charge in [-0.25, -0.2) is 4.90 Å². The van der Waals surface area contributed by atoms with Crippen LogP contribution in [0.5, 0.6) is 0 Å². The summed E-state index contributed by atoms with van der Waals surface area (Å²) in [6.07, 6.45) is 0.666. The molecule has 3 aromatic rings. The molecular weight excluding hydrogens is 450 g/mol. The molecule has 34 heavy (non-hydrogen) atoms. The third kappa shape index (κ3) is 4.32. The Morgan fingerprint density at radius 2 is 1.62 bits per heavy atom. The van der Waals surface area contributed by atoms with E-state index in [1.165, 1.54) is 0 Å². The average molecular weight is 474 g/mol. The van der Waals surface area contributed by atoms with Crippen LogP contribution in [0.3, 0.4) is 0 Å². The number of hydrogen-bond acceptors (Lipinski definition) is 4. The molecule has 0 atom stereocenters. The zero-order valence-corrected chi connectivity index (χ0v) is 19.9. The van der Waals surface area contributed by atoms with Crippen molar-refractivity contribution in [1.29, 1.82) is 0 Å². The van der Waals surface area contributed by atoms with Crippen molar-refractivity contribution < 1.29 is 14.4 Å². The normalized spacial score (nSPS) is 13.5. The van der Waals surface area contributed by atoms with Gasteiger partial charge in [0.15, 0.2) is 0 Å². The lowest BCUT2D eigenvalue weighted by atomic mass is 10.1. The molecule has 0 aromatic heterocycles. The molecule has 0 radical (unpaired) electrons. The lowest BCUT2D eigenvalue weighted by molar-refractivity contribution is -0.120. The first-order chi connectivity index (χ1) is 16.3. The summed E-state index contributed by atoms with van der Waals surface area (Å²) in [5.74, 6) is -1.33. The van der Waals surface area contributed by atoms with E-state index in [-0.39, 0.29) is 16.6 Å². The van der Waals surface area contributed by atoms with Crippen LogP contribution in [0.2, 0.25) is 0 Å². The van der Waals surface area contributed by atoms with E-state index in [2.05, 4.69) is 10.6 Å². The number of nitrogens with zero attached hydrogens (tertiary/aromatic N) is 1. The highest BCUT2D eigenvalue weighted by Gasteiger charge is 2.39. The zero-order chi connectivity index (χ0) is 24.4. The van der Waals surface area contributed by atoms with Crippen molar-refractivity contribution in [2.24, 2.45) is 0 Å². The molecule has 0 saturated heterocycles. The fourth-order valence-corrected chi connectivity index (χ4v) is 4.00. The molecule has 2 N–H and O–H groups in total. The van der Waals surface area contributed by atoms with Gasteiger partial charge in [0.05, 0.1) is 5.69 Å². The Morgan fingerprint density at radius 1 is 0.912 bits per heavy atom. The SMILES string of the molecule is CCc1ccccc1N1C(=O)C(Cl)=C(Nc2ccc(C(=O)Nc3cccc(C)c3C)cc2)C1=O. The molecule has 1 heterocycles. The molecule has 0 bridgehead atoms. The second-order valence-corrected chi connectivity index (χ2v) is 8.40. The summed E-state index contributed by atoms with van der Waals surface area (Å²) in [5.41, 5.74) is 5.24. The van der Waals surface area contributed by atoms with Crippen molar-refractivity contribution in [2.45, 2.75) is 27.2 Å². The number of halogens is 1. The van der Waals surface area contributed by atoms with E-state index in [0.717, 1.165) is 27.3 Å². The van der Waals surface area contributed by atoms with Crippen LogP contribution in [0.4, 0.5) is 17.1 Å². The van der Waals surface area contributed by atoms with E-state index in [4.69, 9.17) is 11.6 Å². The first-order valence-electron chi connectivity index (χ1n) is 10.9. The Labute approximate surface area is 203 Å². The van der Waals surface area contributed by atoms with Gasteiger partial charge in [-0.05, 0) is 73.4 Å². The van der Waals surface area contributed by atoms with Crippen LogP contribution in [-0.2, 0) is 16.0 Å². The molecule has 1 aliphatic heterocycles. The number of benzene rings is 3. The first-order valence-corrected chi connectivity index (χ1v) is 11.3. The number of anilines is 3. The van der Waals surface area contributed by atoms with Gasteiger partial charge in [-0.3, -0.25) is 14.4 Å². The van der Waals surface area contributed by atoms with Gasteiger partial charge in [0.2, 0.25) is 0 Å². The van der Waals surface area contributed by atoms with E-state index >= 15 is 0 Å². The highest BCUT2D eigenvalue weighted by molar-refractivity contribution is 6.53. The largest absolute Gasteiger partial charge is 0.350 e. The van der Waals surface area contributed by atoms with E-state index < -0.39 is 11.8 Å². The van der Waals surface area contributed by atoms with Gasteiger partial charge >= 0.3 is 0 Å². The standard InChI is InChI=1S/C27H24ClN3O3/c1-4-18-9-5-6-11-22(18)31-26(33)23(28)24(27(31)34)29-20-14-12-19(13-15-20)25(32)30-21-10-7-8-16(2)17(21)3/h5-15,29H,4H2,1-3H3,(H,30,32). The van der Waals surface area contributed by atoms with E-state index in [9.17, 15) is 14.4 Å². The molecule has 0 fully saturated rings. The van der Waals surface area contributed by atoms with Crippen LogP contribution in [0.1, 0.15) is 34.0 Å². The number of hydrogen-bond donors (Lipinski definition) is 2. The number of carbonyl (C=O) groups excluding carboxylic acids is 3. The number of carbonyl (C=O) groups is 3. The molecule has 1 aliphatic rings. The molecule has 3 amide bonds. The molecule has 0 saturated carbocycles. The Balaban J connectivity index is 1.51. The molecule has 0 unspecified atom stereocenters. The van der Waals surface area contributed by atoms with Crippen LogP contribution >= 0.6 is 11.6 Å². The van der Waals surface area contributed by atoms with Gasteiger partial charge in [0.25, 0.3) is 17.7 Å². The Hall–Kier alpha value is -3.90. The molecule has 172 valence electrons. The minimum Gasteiger partial charge on any atom is -0.350 e. The topological polar surface area (TPSA) is 78.5 Å². The van der Waals surface area contributed by atoms with Crippen molar-refractivity contribution in [3.8, 4) is 0 Å². The predicted molar refractivity (Wildman–Crippen MR) is 135 cm³/mol. The minimum atomic E-state index is -0.570. The fourth-order valence-electron chi connectivity index (χ4n) is 3.79. The van der Waals surface area contributed by atoms with Crippen LogP contribution in [0.25, 0.3) is 0 Å². The van der Waals surface area contributed by atoms with Crippen molar-refractivity contribution in [1.82, 2.24) is 0 Å². The number of rotatable bonds is 6. The maximum Gasteiger partial charge on any atom is 0.283 e. The second kappa shape index (κ2) is 9.53. The summed E-state index contributed by atoms with van der Waals surface area (Å²) >= 11 is 6.25. The summed E-state index contributed by atoms with van der Waals surface area (Å²) in [6, 6.07) is 19.6. The Kier molecular flexibility index (Phi) is 6.52. The number of imide groups is 1. The van der Waals surface area contributed by atoms with Crippen molar-refractivity contribution in [3.63, 3.8) is 0 Å². The maximum atomic E-state index is 13.1. The molecule has 0 spiro atoms. The zero-order valence-electron chi connectivity index (χ0n) is 19.1. The van der Waals surface area contributed by atoms with Gasteiger partial charge in [0.1, 0.15) is 10.7 Å². The molecule has 4 rings (SSSR count). The van der Waals surface area contributed by atoms with Crippen LogP contribution in [-0.4, -0.2) is 17.7 Å². The fraction of sp³-hybridized carbons (Fsp3) is 0.148. The lowest BCUT2D eigenvalue weighted by Gasteiger charge is -2.18. The highest BCUT2D eigenvalue weighted by atomic mass is 35.5. The molecular formula is C27H24ClN3O3. The van der Waals surface area contributed by atoms with Crippen LogP contribution in [0, 0.1) is 13.8 Å². The highest BCUT2D eigenvalue weighted by Crippen LogP contribution is 2.32. The molecule has 6 nitrogen and oxygen atoms in total. The monoisotopic (exact) mass is 473 g/mol. The van der Waals surface area contributed by atoms with E-state index in [0.29, 0.717) is 23.4 Å². The summed E-state index contributed by atoms with van der Waals surface area (Å²) in [7, 11) is 0. The number of para-hydroxylation sites is 1. The summed E-state index contributed by atoms with van der Waals surface area (Å²) < 4.78 is 0. The number of nitrogens with one attached hydrogen (secondary N) is 2. The number of amides is 3. The van der Waals surface area contributed by atoms with Gasteiger partial charge < -0.3 is 10.6 Å². The Bertz CT molecular complexity index is 1330. The maximum absolute atomic E-state index is 13.1. The summed E-state index contributed by atoms with van der Waals surface area (Å²) in [5, 5.41) is 5.69. The summed E-state index contributed by atoms with van der Waals surface area (Å²) in [4.78, 5) is 39.6. The minimum absolute atomic E-state index is 0.00478. The van der Waals surface area contributed by atoms with Crippen molar-refractivity contribution in [3.05, 3.63) is 99.7 Å². The second-order valence-electron chi connectivity index (χ2n) is 8.02. The quantitative estimate of drug-likeness (QED) is 0.460. The molecule has 7 heteroatoms. The van der Waals surface area contributed by atoms with Crippen molar-refractivity contribution in [2.75, 3.05) is 15.5 Å². The lowest BCUT2D eigenvalue weighted by Crippen LogP contribution is -2.33. The van der Waals surface area contributed by atoms with Crippen LogP contribution in [0.15, 0.2) is 77.5 Å². The molecule has 3 aromatic carbocycles. The van der Waals surface area contributed by atoms with E-state index in [1.807, 2.05) is 51.1 Å². The van der Waals surface area contributed by atoms with E-state index in [1.54, 1.807) is 36.4 Å². The number of aryl methyl sites for hydroxylation is 2. The molecule has 0 aliphatic carbocycles. The summed E-state index contributed by atoms with van der Waals surface area (Å²) in [6.45, 7) is 5.90. The predicted octanol–water partition coefficient (Wildman–Crippen LogP) is 5.55. The van der Waals surface area contributed by atoms with Gasteiger partial charge in [-0.1, -0.05) is 48.9 Å². The third-order valence-electron chi connectivity index (χ3n) is 5.91. The first kappa shape index (κ1) is 23.3. The Morgan fingerprint density at radius 3 is 2.32 bits per heavy atom. The van der Waals surface area contributed by atoms with Crippen molar-refractivity contribution >= 4 is 46.4 Å². The van der Waals surface area contributed by atoms with Gasteiger partial charge in [-0.2, -0.15) is 0 Å².